The molecule has 0 bridgehead atoms. The second-order valence-corrected chi connectivity index (χ2v) is 12.3. The Bertz CT molecular complexity index is 1930. The van der Waals surface area contributed by atoms with E-state index in [9.17, 15) is 4.39 Å². The Kier molecular flexibility index (Phi) is 6.90. The number of aromatic nitrogens is 2. The highest BCUT2D eigenvalue weighted by atomic mass is 32.2. The van der Waals surface area contributed by atoms with Crippen molar-refractivity contribution in [2.75, 3.05) is 42.2 Å². The molecule has 0 N–H and O–H groups in total. The fourth-order valence-electron chi connectivity index (χ4n) is 6.59. The summed E-state index contributed by atoms with van der Waals surface area (Å²) in [5, 5.41) is 5.07. The molecule has 5 aromatic rings. The van der Waals surface area contributed by atoms with Crippen LogP contribution in [-0.4, -0.2) is 58.8 Å². The summed E-state index contributed by atoms with van der Waals surface area (Å²) >= 11 is 1.74. The number of thioether (sulfide) groups is 1. The normalized spacial score (nSPS) is 17.3. The molecule has 224 valence electrons. The van der Waals surface area contributed by atoms with Crippen molar-refractivity contribution in [2.24, 2.45) is 9.98 Å². The van der Waals surface area contributed by atoms with E-state index in [2.05, 4.69) is 82.5 Å². The van der Waals surface area contributed by atoms with Crippen molar-refractivity contribution >= 4 is 46.3 Å². The lowest BCUT2D eigenvalue weighted by Gasteiger charge is -2.44. The highest BCUT2D eigenvalue weighted by Crippen LogP contribution is 2.48. The number of benzene rings is 4. The molecule has 1 fully saturated rings. The Balaban J connectivity index is 1.27. The van der Waals surface area contributed by atoms with Crippen LogP contribution in [-0.2, 0) is 0 Å². The van der Waals surface area contributed by atoms with E-state index in [0.29, 0.717) is 0 Å². The fraction of sp³-hybridized carbons (Fsp3) is 0.194. The van der Waals surface area contributed by atoms with Crippen LogP contribution in [0.15, 0.2) is 118 Å². The number of anilines is 2. The van der Waals surface area contributed by atoms with E-state index < -0.39 is 0 Å². The van der Waals surface area contributed by atoms with Gasteiger partial charge in [-0.2, -0.15) is 5.10 Å². The molecule has 45 heavy (non-hydrogen) atoms. The Morgan fingerprint density at radius 1 is 0.711 bits per heavy atom. The maximum Gasteiger partial charge on any atom is 0.179 e. The largest absolute Gasteiger partial charge is 0.368 e. The molecule has 3 aliphatic rings. The molecular weight excluding hydrogens is 582 g/mol. The third kappa shape index (κ3) is 4.78. The van der Waals surface area contributed by atoms with Gasteiger partial charge >= 0.3 is 0 Å². The van der Waals surface area contributed by atoms with Crippen LogP contribution in [0.1, 0.15) is 22.9 Å². The van der Waals surface area contributed by atoms with E-state index in [1.165, 1.54) is 22.6 Å². The minimum atomic E-state index is -0.218. The molecule has 4 heterocycles. The van der Waals surface area contributed by atoms with Crippen molar-refractivity contribution in [2.45, 2.75) is 17.9 Å². The van der Waals surface area contributed by atoms with Gasteiger partial charge in [-0.15, -0.1) is 11.8 Å². The first-order chi connectivity index (χ1) is 22.1. The molecule has 1 saturated heterocycles. The Morgan fingerprint density at radius 2 is 1.40 bits per heavy atom. The number of aliphatic imine (C=N–C) groups is 2. The molecule has 4 aromatic carbocycles. The number of para-hydroxylation sites is 3. The van der Waals surface area contributed by atoms with Gasteiger partial charge in [0.05, 0.1) is 28.8 Å². The number of amidine groups is 2. The highest BCUT2D eigenvalue weighted by molar-refractivity contribution is 7.98. The molecule has 8 rings (SSSR count). The average Bonchev–Trinajstić information content (AvgIpc) is 3.43. The second-order valence-electron chi connectivity index (χ2n) is 11.4. The summed E-state index contributed by atoms with van der Waals surface area (Å²) in [5.41, 5.74) is 7.18. The molecular formula is C36H32FN7S. The first-order valence-electron chi connectivity index (χ1n) is 15.2. The van der Waals surface area contributed by atoms with Crippen LogP contribution in [0, 0.1) is 12.7 Å². The van der Waals surface area contributed by atoms with Gasteiger partial charge in [0.25, 0.3) is 0 Å². The van der Waals surface area contributed by atoms with Crippen LogP contribution >= 0.6 is 11.8 Å². The van der Waals surface area contributed by atoms with Crippen LogP contribution in [0.5, 0.6) is 0 Å². The molecule has 0 unspecified atom stereocenters. The third-order valence-electron chi connectivity index (χ3n) is 8.82. The molecule has 1 aromatic heterocycles. The van der Waals surface area contributed by atoms with E-state index in [-0.39, 0.29) is 11.9 Å². The van der Waals surface area contributed by atoms with Gasteiger partial charge in [0.15, 0.2) is 17.5 Å². The molecule has 0 radical (unpaired) electrons. The summed E-state index contributed by atoms with van der Waals surface area (Å²) < 4.78 is 15.6. The van der Waals surface area contributed by atoms with Gasteiger partial charge in [-0.05, 0) is 79.4 Å². The van der Waals surface area contributed by atoms with Gasteiger partial charge in [0, 0.05) is 42.3 Å². The van der Waals surface area contributed by atoms with Gasteiger partial charge in [-0.3, -0.25) is 0 Å². The summed E-state index contributed by atoms with van der Waals surface area (Å²) in [6.07, 6.45) is 2.10. The van der Waals surface area contributed by atoms with Gasteiger partial charge < -0.3 is 14.7 Å². The van der Waals surface area contributed by atoms with Crippen molar-refractivity contribution in [3.63, 3.8) is 0 Å². The zero-order valence-electron chi connectivity index (χ0n) is 25.1. The van der Waals surface area contributed by atoms with E-state index in [0.717, 1.165) is 77.7 Å². The predicted molar refractivity (Wildman–Crippen MR) is 182 cm³/mol. The zero-order chi connectivity index (χ0) is 30.5. The minimum Gasteiger partial charge on any atom is -0.368 e. The quantitative estimate of drug-likeness (QED) is 0.196. The number of nitrogens with zero attached hydrogens (tertiary/aromatic N) is 7. The SMILES string of the molecule is CSc1ccc([C@@H]2c3c(C)nn(-c4ccccc4)c3N=C3C(N4CCN(c5ccc(F)cc5)CC4)=Nc4ccccc4N32)cc1. The van der Waals surface area contributed by atoms with Gasteiger partial charge in [0.1, 0.15) is 5.82 Å². The van der Waals surface area contributed by atoms with Gasteiger partial charge in [0.2, 0.25) is 0 Å². The number of halogens is 1. The monoisotopic (exact) mass is 613 g/mol. The number of fused-ring (bicyclic) bond motifs is 4. The number of hydrogen-bond acceptors (Lipinski definition) is 7. The summed E-state index contributed by atoms with van der Waals surface area (Å²) in [4.78, 5) is 18.9. The number of rotatable bonds is 4. The third-order valence-corrected chi connectivity index (χ3v) is 9.57. The first kappa shape index (κ1) is 27.6. The smallest absolute Gasteiger partial charge is 0.179 e. The number of hydrogen-bond donors (Lipinski definition) is 0. The topological polar surface area (TPSA) is 52.3 Å². The standard InChI is InChI=1S/C36H32FN7S/c1-24-32-33(25-12-18-29(45-2)19-13-25)43-31-11-7-6-10-30(31)38-35(36(43)39-34(32)44(40-24)28-8-4-3-5-9-28)42-22-20-41(21-23-42)27-16-14-26(37)15-17-27/h3-19,33H,20-23H2,1-2H3/t33-/m1/s1. The molecule has 3 aliphatic heterocycles. The maximum absolute atomic E-state index is 13.6. The van der Waals surface area contributed by atoms with E-state index in [1.807, 2.05) is 41.1 Å². The molecule has 7 nitrogen and oxygen atoms in total. The molecule has 9 heteroatoms. The van der Waals surface area contributed by atoms with Crippen molar-refractivity contribution in [1.29, 1.82) is 0 Å². The number of piperazine rings is 1. The molecule has 0 aliphatic carbocycles. The van der Waals surface area contributed by atoms with Crippen LogP contribution in [0.25, 0.3) is 5.69 Å². The summed E-state index contributed by atoms with van der Waals surface area (Å²) in [7, 11) is 0. The van der Waals surface area contributed by atoms with Crippen LogP contribution in [0.2, 0.25) is 0 Å². The van der Waals surface area contributed by atoms with Crippen molar-refractivity contribution < 1.29 is 4.39 Å². The van der Waals surface area contributed by atoms with Crippen LogP contribution in [0.3, 0.4) is 0 Å². The first-order valence-corrected chi connectivity index (χ1v) is 16.4. The fourth-order valence-corrected chi connectivity index (χ4v) is 7.00. The van der Waals surface area contributed by atoms with E-state index in [4.69, 9.17) is 15.1 Å². The molecule has 1 atom stereocenters. The summed E-state index contributed by atoms with van der Waals surface area (Å²) in [5.74, 6) is 2.31. The Morgan fingerprint density at radius 3 is 2.13 bits per heavy atom. The lowest BCUT2D eigenvalue weighted by molar-refractivity contribution is 0.389. The molecule has 0 saturated carbocycles. The minimum absolute atomic E-state index is 0.145. The van der Waals surface area contributed by atoms with Gasteiger partial charge in [-0.25, -0.2) is 19.1 Å². The lowest BCUT2D eigenvalue weighted by atomic mass is 9.93. The average molecular weight is 614 g/mol. The van der Waals surface area contributed by atoms with Crippen molar-refractivity contribution in [1.82, 2.24) is 14.7 Å². The van der Waals surface area contributed by atoms with Crippen LogP contribution in [0.4, 0.5) is 27.3 Å². The predicted octanol–water partition coefficient (Wildman–Crippen LogP) is 7.55. The second kappa shape index (κ2) is 11.2. The molecule has 0 spiro atoms. The summed E-state index contributed by atoms with van der Waals surface area (Å²) in [6, 6.07) is 34.1. The highest BCUT2D eigenvalue weighted by Gasteiger charge is 2.43. The molecule has 0 amide bonds. The maximum atomic E-state index is 13.6. The van der Waals surface area contributed by atoms with Crippen molar-refractivity contribution in [3.8, 4) is 5.69 Å². The van der Waals surface area contributed by atoms with Crippen LogP contribution < -0.4 is 9.80 Å². The van der Waals surface area contributed by atoms with Crippen molar-refractivity contribution in [3.05, 3.63) is 126 Å². The Hall–Kier alpha value is -4.89. The summed E-state index contributed by atoms with van der Waals surface area (Å²) in [6.45, 7) is 5.21. The lowest BCUT2D eigenvalue weighted by Crippen LogP contribution is -2.55. The van der Waals surface area contributed by atoms with E-state index >= 15 is 0 Å². The van der Waals surface area contributed by atoms with Gasteiger partial charge in [-0.1, -0.05) is 42.5 Å². The van der Waals surface area contributed by atoms with E-state index in [1.54, 1.807) is 11.8 Å². The Labute approximate surface area is 266 Å². The zero-order valence-corrected chi connectivity index (χ0v) is 26.0. The number of aryl methyl sites for hydroxylation is 1.